The summed E-state index contributed by atoms with van der Waals surface area (Å²) >= 11 is 4.49. The fraction of sp³-hybridized carbons (Fsp3) is 0.222. The van der Waals surface area contributed by atoms with Crippen molar-refractivity contribution < 1.29 is 14.1 Å². The third-order valence-electron chi connectivity index (χ3n) is 5.52. The molecule has 0 spiro atoms. The average molecular weight is 708 g/mol. The maximum absolute atomic E-state index is 13.3. The number of anilines is 1. The molecule has 0 saturated carbocycles. The van der Waals surface area contributed by atoms with Gasteiger partial charge in [-0.2, -0.15) is 4.98 Å². The van der Waals surface area contributed by atoms with Gasteiger partial charge in [-0.3, -0.25) is 4.79 Å². The topological polar surface area (TPSA) is 80.5 Å². The first-order valence-corrected chi connectivity index (χ1v) is 13.5. The van der Waals surface area contributed by atoms with Crippen LogP contribution < -0.4 is 10.1 Å². The smallest absolute Gasteiger partial charge is 0.259 e. The van der Waals surface area contributed by atoms with Gasteiger partial charge >= 0.3 is 0 Å². The summed E-state index contributed by atoms with van der Waals surface area (Å²) in [4.78, 5) is 19.6. The van der Waals surface area contributed by atoms with Crippen LogP contribution in [0.3, 0.4) is 0 Å². The molecule has 0 bridgehead atoms. The van der Waals surface area contributed by atoms with Crippen LogP contribution in [-0.2, 0) is 0 Å². The van der Waals surface area contributed by atoms with E-state index in [1.807, 2.05) is 80.5 Å². The average Bonchev–Trinajstić information content (AvgIpc) is 3.27. The first-order valence-electron chi connectivity index (χ1n) is 11.3. The number of hydrogen-bond acceptors (Lipinski definition) is 6. The highest BCUT2D eigenvalue weighted by molar-refractivity contribution is 14.1. The van der Waals surface area contributed by atoms with Crippen LogP contribution in [0.1, 0.15) is 21.8 Å². The predicted octanol–water partition coefficient (Wildman–Crippen LogP) is 6.42. The summed E-state index contributed by atoms with van der Waals surface area (Å²) in [5, 5.41) is 7.04. The van der Waals surface area contributed by atoms with Crippen molar-refractivity contribution in [3.63, 3.8) is 0 Å². The number of nitrogens with one attached hydrogen (secondary N) is 1. The van der Waals surface area contributed by atoms with Gasteiger partial charge in [0.15, 0.2) is 0 Å². The Morgan fingerprint density at radius 3 is 2.47 bits per heavy atom. The molecule has 0 aliphatic heterocycles. The number of nitrogens with zero attached hydrogens (tertiary/aromatic N) is 3. The van der Waals surface area contributed by atoms with Crippen molar-refractivity contribution in [2.75, 3.05) is 32.6 Å². The molecule has 0 saturated heterocycles. The number of benzene rings is 3. The predicted molar refractivity (Wildman–Crippen MR) is 159 cm³/mol. The molecule has 0 aliphatic carbocycles. The van der Waals surface area contributed by atoms with Crippen LogP contribution in [0.5, 0.6) is 5.75 Å². The Bertz CT molecular complexity index is 1400. The second-order valence-electron chi connectivity index (χ2n) is 8.61. The molecule has 1 amide bonds. The van der Waals surface area contributed by atoms with Crippen LogP contribution in [0.4, 0.5) is 5.69 Å². The first-order chi connectivity index (χ1) is 17.2. The fourth-order valence-corrected chi connectivity index (χ4v) is 5.40. The molecule has 186 valence electrons. The Hall–Kier alpha value is -2.51. The minimum absolute atomic E-state index is 0.208. The molecule has 4 aromatic rings. The standard InChI is InChI=1S/C27H26I2N4O3/c1-16-13-19(26-30-17(2)36-32-26)6-8-21(16)18-5-9-22(25(14-18)35-12-11-33(3)4)27(34)31-24-10-7-20(28)15-23(24)29/h5-10,13-15H,11-12H2,1-4H3,(H,31,34). The summed E-state index contributed by atoms with van der Waals surface area (Å²) in [7, 11) is 3.98. The molecule has 1 N–H and O–H groups in total. The van der Waals surface area contributed by atoms with E-state index in [0.717, 1.165) is 41.6 Å². The number of carbonyl (C=O) groups excluding carboxylic acids is 1. The second-order valence-corrected chi connectivity index (χ2v) is 11.0. The van der Waals surface area contributed by atoms with Crippen molar-refractivity contribution >= 4 is 56.8 Å². The molecule has 4 rings (SSSR count). The second kappa shape index (κ2) is 11.7. The van der Waals surface area contributed by atoms with Gasteiger partial charge in [0.1, 0.15) is 12.4 Å². The lowest BCUT2D eigenvalue weighted by atomic mass is 9.96. The first kappa shape index (κ1) is 26.6. The zero-order valence-corrected chi connectivity index (χ0v) is 24.7. The Morgan fingerprint density at radius 1 is 1.03 bits per heavy atom. The number of ether oxygens (including phenoxy) is 1. The van der Waals surface area contributed by atoms with Gasteiger partial charge < -0.3 is 19.5 Å². The van der Waals surface area contributed by atoms with E-state index >= 15 is 0 Å². The van der Waals surface area contributed by atoms with Gasteiger partial charge in [0.25, 0.3) is 5.91 Å². The molecule has 1 heterocycles. The quantitative estimate of drug-likeness (QED) is 0.213. The Kier molecular flexibility index (Phi) is 8.62. The number of amides is 1. The Balaban J connectivity index is 1.65. The van der Waals surface area contributed by atoms with Crippen molar-refractivity contribution in [2.24, 2.45) is 0 Å². The van der Waals surface area contributed by atoms with E-state index in [0.29, 0.717) is 29.6 Å². The molecule has 36 heavy (non-hydrogen) atoms. The highest BCUT2D eigenvalue weighted by Crippen LogP contribution is 2.32. The van der Waals surface area contributed by atoms with Crippen LogP contribution in [0.15, 0.2) is 59.1 Å². The fourth-order valence-electron chi connectivity index (χ4n) is 3.66. The largest absolute Gasteiger partial charge is 0.491 e. The lowest BCUT2D eigenvalue weighted by Gasteiger charge is -2.16. The maximum Gasteiger partial charge on any atom is 0.259 e. The van der Waals surface area contributed by atoms with Crippen LogP contribution in [0.25, 0.3) is 22.5 Å². The number of carbonyl (C=O) groups is 1. The summed E-state index contributed by atoms with van der Waals surface area (Å²) in [6.45, 7) is 5.01. The number of aryl methyl sites for hydroxylation is 2. The Labute approximate surface area is 237 Å². The van der Waals surface area contributed by atoms with Crippen LogP contribution >= 0.6 is 45.2 Å². The third kappa shape index (κ3) is 6.43. The van der Waals surface area contributed by atoms with E-state index in [-0.39, 0.29) is 5.91 Å². The van der Waals surface area contributed by atoms with E-state index in [2.05, 4.69) is 60.6 Å². The summed E-state index contributed by atoms with van der Waals surface area (Å²) in [6, 6.07) is 17.7. The van der Waals surface area contributed by atoms with Crippen molar-refractivity contribution in [2.45, 2.75) is 13.8 Å². The molecule has 0 fully saturated rings. The number of aromatic nitrogens is 2. The monoisotopic (exact) mass is 708 g/mol. The molecular weight excluding hydrogens is 682 g/mol. The van der Waals surface area contributed by atoms with Gasteiger partial charge in [-0.1, -0.05) is 23.4 Å². The molecule has 7 nitrogen and oxygen atoms in total. The summed E-state index contributed by atoms with van der Waals surface area (Å²) in [5.74, 6) is 1.43. The third-order valence-corrected chi connectivity index (χ3v) is 7.09. The molecule has 3 aromatic carbocycles. The summed E-state index contributed by atoms with van der Waals surface area (Å²) < 4.78 is 13.3. The number of likely N-dealkylation sites (N-methyl/N-ethyl adjacent to an activating group) is 1. The Morgan fingerprint density at radius 2 is 1.81 bits per heavy atom. The van der Waals surface area contributed by atoms with Crippen molar-refractivity contribution in [1.29, 1.82) is 0 Å². The number of halogens is 2. The van der Waals surface area contributed by atoms with Gasteiger partial charge in [0, 0.05) is 26.2 Å². The summed E-state index contributed by atoms with van der Waals surface area (Å²) in [5.41, 5.74) is 5.20. The zero-order chi connectivity index (χ0) is 25.8. The van der Waals surface area contributed by atoms with E-state index in [9.17, 15) is 4.79 Å². The van der Waals surface area contributed by atoms with Gasteiger partial charge in [0.2, 0.25) is 11.7 Å². The lowest BCUT2D eigenvalue weighted by Crippen LogP contribution is -2.21. The highest BCUT2D eigenvalue weighted by Gasteiger charge is 2.17. The molecule has 1 aromatic heterocycles. The highest BCUT2D eigenvalue weighted by atomic mass is 127. The van der Waals surface area contributed by atoms with E-state index in [4.69, 9.17) is 9.26 Å². The summed E-state index contributed by atoms with van der Waals surface area (Å²) in [6.07, 6.45) is 0. The maximum atomic E-state index is 13.3. The van der Waals surface area contributed by atoms with E-state index in [1.54, 1.807) is 6.92 Å². The molecule has 0 radical (unpaired) electrons. The normalized spacial score (nSPS) is 11.1. The van der Waals surface area contributed by atoms with Gasteiger partial charge in [-0.15, -0.1) is 0 Å². The van der Waals surface area contributed by atoms with Crippen LogP contribution in [0, 0.1) is 21.0 Å². The lowest BCUT2D eigenvalue weighted by molar-refractivity contribution is 0.102. The van der Waals surface area contributed by atoms with E-state index < -0.39 is 0 Å². The van der Waals surface area contributed by atoms with Gasteiger partial charge in [-0.05, 0) is 119 Å². The number of hydrogen-bond donors (Lipinski definition) is 1. The van der Waals surface area contributed by atoms with Gasteiger partial charge in [-0.25, -0.2) is 0 Å². The molecule has 0 atom stereocenters. The van der Waals surface area contributed by atoms with Crippen LogP contribution in [0.2, 0.25) is 0 Å². The van der Waals surface area contributed by atoms with Crippen molar-refractivity contribution in [3.05, 3.63) is 78.8 Å². The SMILES string of the molecule is Cc1nc(-c2ccc(-c3ccc(C(=O)Nc4ccc(I)cc4I)c(OCCN(C)C)c3)c(C)c2)no1. The zero-order valence-electron chi connectivity index (χ0n) is 20.4. The number of rotatable bonds is 8. The molecule has 0 unspecified atom stereocenters. The minimum Gasteiger partial charge on any atom is -0.491 e. The minimum atomic E-state index is -0.208. The molecular formula is C27H26I2N4O3. The molecule has 9 heteroatoms. The van der Waals surface area contributed by atoms with Crippen LogP contribution in [-0.4, -0.2) is 48.2 Å². The van der Waals surface area contributed by atoms with Gasteiger partial charge in [0.05, 0.1) is 11.3 Å². The van der Waals surface area contributed by atoms with Crippen molar-refractivity contribution in [1.82, 2.24) is 15.0 Å². The van der Waals surface area contributed by atoms with Crippen molar-refractivity contribution in [3.8, 4) is 28.3 Å². The molecule has 0 aliphatic rings. The van der Waals surface area contributed by atoms with E-state index in [1.165, 1.54) is 0 Å².